The molecule has 1 aliphatic rings. The third-order valence-electron chi connectivity index (χ3n) is 2.51. The molecule has 1 aromatic rings. The Hall–Kier alpha value is -1.25. The lowest BCUT2D eigenvalue weighted by Gasteiger charge is -2.26. The van der Waals surface area contributed by atoms with Crippen molar-refractivity contribution in [3.63, 3.8) is 0 Å². The molecule has 0 amide bonds. The zero-order valence-corrected chi connectivity index (χ0v) is 10.2. The first-order chi connectivity index (χ1) is 7.78. The molecule has 1 saturated carbocycles. The van der Waals surface area contributed by atoms with Gasteiger partial charge in [-0.05, 0) is 25.3 Å². The van der Waals surface area contributed by atoms with E-state index in [1.807, 2.05) is 19.9 Å². The van der Waals surface area contributed by atoms with E-state index >= 15 is 0 Å². The minimum Gasteiger partial charge on any atom is -0.490 e. The van der Waals surface area contributed by atoms with Gasteiger partial charge < -0.3 is 10.1 Å². The number of rotatable bonds is 3. The lowest BCUT2D eigenvalue weighted by atomic mass is 9.96. The van der Waals surface area contributed by atoms with Gasteiger partial charge in [0.15, 0.2) is 0 Å². The highest BCUT2D eigenvalue weighted by Crippen LogP contribution is 2.27. The first-order valence-electron chi connectivity index (χ1n) is 5.93. The number of hydrogen-bond acceptors (Lipinski definition) is 2. The lowest BCUT2D eigenvalue weighted by molar-refractivity contribution is 0.120. The molecule has 0 saturated heterocycles. The first kappa shape index (κ1) is 12.8. The molecular weight excluding hydrogens is 205 g/mol. The van der Waals surface area contributed by atoms with Gasteiger partial charge in [0.05, 0.1) is 6.10 Å². The minimum atomic E-state index is -0.258. The maximum absolute atomic E-state index is 13.1. The SMILES string of the molecule is CC.CNc1cc(F)cc(OC2CCC2)c1. The van der Waals surface area contributed by atoms with Crippen molar-refractivity contribution >= 4 is 5.69 Å². The van der Waals surface area contributed by atoms with Crippen LogP contribution in [0.2, 0.25) is 0 Å². The third-order valence-corrected chi connectivity index (χ3v) is 2.51. The van der Waals surface area contributed by atoms with Crippen LogP contribution in [0.15, 0.2) is 18.2 Å². The summed E-state index contributed by atoms with van der Waals surface area (Å²) < 4.78 is 18.7. The Bertz CT molecular complexity index is 324. The molecule has 0 radical (unpaired) electrons. The van der Waals surface area contributed by atoms with Crippen LogP contribution in [-0.2, 0) is 0 Å². The van der Waals surface area contributed by atoms with E-state index < -0.39 is 0 Å². The second-order valence-electron chi connectivity index (χ2n) is 3.60. The molecule has 0 aliphatic heterocycles. The topological polar surface area (TPSA) is 21.3 Å². The zero-order chi connectivity index (χ0) is 12.0. The van der Waals surface area contributed by atoms with Crippen LogP contribution < -0.4 is 10.1 Å². The number of halogens is 1. The van der Waals surface area contributed by atoms with Crippen LogP contribution in [0.3, 0.4) is 0 Å². The monoisotopic (exact) mass is 225 g/mol. The summed E-state index contributed by atoms with van der Waals surface area (Å²) in [5, 5.41) is 2.90. The van der Waals surface area contributed by atoms with Gasteiger partial charge in [-0.15, -0.1) is 0 Å². The fourth-order valence-electron chi connectivity index (χ4n) is 1.46. The zero-order valence-electron chi connectivity index (χ0n) is 10.2. The molecule has 0 bridgehead atoms. The Morgan fingerprint density at radius 3 is 2.44 bits per heavy atom. The predicted molar refractivity (Wildman–Crippen MR) is 65.6 cm³/mol. The van der Waals surface area contributed by atoms with Crippen LogP contribution >= 0.6 is 0 Å². The maximum Gasteiger partial charge on any atom is 0.128 e. The molecule has 0 heterocycles. The van der Waals surface area contributed by atoms with Crippen molar-refractivity contribution < 1.29 is 9.13 Å². The average Bonchev–Trinajstić information content (AvgIpc) is 2.25. The van der Waals surface area contributed by atoms with Crippen LogP contribution in [0, 0.1) is 5.82 Å². The number of benzene rings is 1. The van der Waals surface area contributed by atoms with Gasteiger partial charge >= 0.3 is 0 Å². The molecule has 1 N–H and O–H groups in total. The summed E-state index contributed by atoms with van der Waals surface area (Å²) in [5.74, 6) is 0.366. The van der Waals surface area contributed by atoms with Gasteiger partial charge in [0.2, 0.25) is 0 Å². The molecule has 0 unspecified atom stereocenters. The third kappa shape index (κ3) is 3.40. The summed E-state index contributed by atoms with van der Waals surface area (Å²) in [5.41, 5.74) is 0.749. The number of hydrogen-bond donors (Lipinski definition) is 1. The fraction of sp³-hybridized carbons (Fsp3) is 0.538. The van der Waals surface area contributed by atoms with E-state index in [-0.39, 0.29) is 5.82 Å². The van der Waals surface area contributed by atoms with Crippen LogP contribution in [-0.4, -0.2) is 13.2 Å². The lowest BCUT2D eigenvalue weighted by Crippen LogP contribution is -2.24. The van der Waals surface area contributed by atoms with E-state index in [1.165, 1.54) is 18.6 Å². The van der Waals surface area contributed by atoms with Crippen LogP contribution in [0.1, 0.15) is 33.1 Å². The minimum absolute atomic E-state index is 0.258. The number of ether oxygens (including phenoxy) is 1. The summed E-state index contributed by atoms with van der Waals surface area (Å²) in [4.78, 5) is 0. The van der Waals surface area contributed by atoms with Crippen molar-refractivity contribution in [3.8, 4) is 5.75 Å². The van der Waals surface area contributed by atoms with Crippen LogP contribution in [0.25, 0.3) is 0 Å². The Balaban J connectivity index is 0.000000606. The van der Waals surface area contributed by atoms with Crippen molar-refractivity contribution in [2.24, 2.45) is 0 Å². The molecular formula is C13H20FNO. The van der Waals surface area contributed by atoms with Gasteiger partial charge in [-0.1, -0.05) is 13.8 Å². The highest BCUT2D eigenvalue weighted by atomic mass is 19.1. The standard InChI is InChI=1S/C11H14FNO.C2H6/c1-13-9-5-8(12)6-11(7-9)14-10-3-2-4-10;1-2/h5-7,10,13H,2-4H2,1H3;1-2H3. The molecule has 3 heteroatoms. The van der Waals surface area contributed by atoms with Crippen molar-refractivity contribution in [3.05, 3.63) is 24.0 Å². The fourth-order valence-corrected chi connectivity index (χ4v) is 1.46. The van der Waals surface area contributed by atoms with Gasteiger partial charge in [0.1, 0.15) is 11.6 Å². The van der Waals surface area contributed by atoms with Gasteiger partial charge in [0.25, 0.3) is 0 Å². The summed E-state index contributed by atoms with van der Waals surface area (Å²) in [6.45, 7) is 4.00. The highest BCUT2D eigenvalue weighted by molar-refractivity contribution is 5.48. The van der Waals surface area contributed by atoms with Crippen molar-refractivity contribution in [2.45, 2.75) is 39.2 Å². The van der Waals surface area contributed by atoms with Gasteiger partial charge in [0, 0.05) is 24.9 Å². The number of anilines is 1. The van der Waals surface area contributed by atoms with E-state index in [0.717, 1.165) is 18.5 Å². The summed E-state index contributed by atoms with van der Waals surface area (Å²) in [6.07, 6.45) is 3.69. The summed E-state index contributed by atoms with van der Waals surface area (Å²) in [6, 6.07) is 4.70. The summed E-state index contributed by atoms with van der Waals surface area (Å²) in [7, 11) is 1.77. The molecule has 1 aromatic carbocycles. The molecule has 90 valence electrons. The van der Waals surface area contributed by atoms with Crippen molar-refractivity contribution in [2.75, 3.05) is 12.4 Å². The largest absolute Gasteiger partial charge is 0.490 e. The predicted octanol–water partition coefficient (Wildman–Crippen LogP) is 3.82. The van der Waals surface area contributed by atoms with Crippen LogP contribution in [0.4, 0.5) is 10.1 Å². The Morgan fingerprint density at radius 1 is 1.25 bits per heavy atom. The molecule has 0 atom stereocenters. The van der Waals surface area contributed by atoms with E-state index in [9.17, 15) is 4.39 Å². The van der Waals surface area contributed by atoms with E-state index in [0.29, 0.717) is 11.9 Å². The van der Waals surface area contributed by atoms with E-state index in [4.69, 9.17) is 4.74 Å². The highest BCUT2D eigenvalue weighted by Gasteiger charge is 2.19. The van der Waals surface area contributed by atoms with Crippen molar-refractivity contribution in [1.29, 1.82) is 0 Å². The van der Waals surface area contributed by atoms with E-state index in [1.54, 1.807) is 7.05 Å². The second-order valence-corrected chi connectivity index (χ2v) is 3.60. The Kier molecular flexibility index (Phi) is 5.09. The number of nitrogens with one attached hydrogen (secondary N) is 1. The quantitative estimate of drug-likeness (QED) is 0.844. The average molecular weight is 225 g/mol. The van der Waals surface area contributed by atoms with E-state index in [2.05, 4.69) is 5.32 Å². The smallest absolute Gasteiger partial charge is 0.128 e. The molecule has 2 nitrogen and oxygen atoms in total. The molecule has 0 spiro atoms. The molecule has 0 aromatic heterocycles. The molecule has 16 heavy (non-hydrogen) atoms. The van der Waals surface area contributed by atoms with Gasteiger partial charge in [-0.3, -0.25) is 0 Å². The van der Waals surface area contributed by atoms with Crippen molar-refractivity contribution in [1.82, 2.24) is 0 Å². The van der Waals surface area contributed by atoms with Gasteiger partial charge in [-0.25, -0.2) is 4.39 Å². The Morgan fingerprint density at radius 2 is 1.94 bits per heavy atom. The van der Waals surface area contributed by atoms with Gasteiger partial charge in [-0.2, -0.15) is 0 Å². The summed E-state index contributed by atoms with van der Waals surface area (Å²) >= 11 is 0. The molecule has 1 fully saturated rings. The normalized spacial score (nSPS) is 14.5. The molecule has 2 rings (SSSR count). The second kappa shape index (κ2) is 6.36. The maximum atomic E-state index is 13.1. The molecule has 1 aliphatic carbocycles. The Labute approximate surface area is 96.8 Å². The first-order valence-corrected chi connectivity index (χ1v) is 5.93. The van der Waals surface area contributed by atoms with Crippen LogP contribution in [0.5, 0.6) is 5.75 Å².